The third-order valence-electron chi connectivity index (χ3n) is 5.08. The number of carbonyl (C=O) groups is 2. The van der Waals surface area contributed by atoms with Gasteiger partial charge in [0.05, 0.1) is 13.7 Å². The number of esters is 1. The third kappa shape index (κ3) is 6.62. The maximum absolute atomic E-state index is 12.8. The van der Waals surface area contributed by atoms with Gasteiger partial charge in [0.1, 0.15) is 5.38 Å². The molecule has 0 heterocycles. The first kappa shape index (κ1) is 23.7. The van der Waals surface area contributed by atoms with Gasteiger partial charge in [0.2, 0.25) is 5.91 Å². The van der Waals surface area contributed by atoms with Crippen molar-refractivity contribution in [3.8, 4) is 0 Å². The van der Waals surface area contributed by atoms with E-state index in [1.807, 2.05) is 30.3 Å². The highest BCUT2D eigenvalue weighted by atomic mass is 35.5. The Balaban J connectivity index is 3.15. The van der Waals surface area contributed by atoms with E-state index < -0.39 is 25.7 Å². The topological polar surface area (TPSA) is 55.8 Å². The largest absolute Gasteiger partial charge is 0.467 e. The molecule has 7 heteroatoms. The predicted octanol–water partition coefficient (Wildman–Crippen LogP) is 4.21. The number of nitrogens with zero attached hydrogens (tertiary/aromatic N) is 1. The minimum absolute atomic E-state index is 0.0122. The van der Waals surface area contributed by atoms with Crippen molar-refractivity contribution in [3.05, 3.63) is 35.9 Å². The number of rotatable bonds is 8. The minimum atomic E-state index is -2.10. The first-order valence-corrected chi connectivity index (χ1v) is 12.5. The quantitative estimate of drug-likeness (QED) is 0.364. The van der Waals surface area contributed by atoms with E-state index in [0.29, 0.717) is 0 Å². The molecule has 27 heavy (non-hydrogen) atoms. The maximum Gasteiger partial charge on any atom is 0.330 e. The SMILES string of the molecule is COC(=O)C(CO[Si](C)(C)C(C)(C)C)N(Cc1ccccc1)C(=O)C(C)Cl. The molecule has 0 bridgehead atoms. The third-order valence-corrected chi connectivity index (χ3v) is 9.76. The molecule has 0 saturated carbocycles. The smallest absolute Gasteiger partial charge is 0.330 e. The zero-order valence-electron chi connectivity index (χ0n) is 17.4. The van der Waals surface area contributed by atoms with Crippen LogP contribution >= 0.6 is 11.6 Å². The lowest BCUT2D eigenvalue weighted by atomic mass is 10.1. The van der Waals surface area contributed by atoms with E-state index in [1.54, 1.807) is 6.92 Å². The lowest BCUT2D eigenvalue weighted by Gasteiger charge is -2.39. The van der Waals surface area contributed by atoms with Crippen molar-refractivity contribution in [2.75, 3.05) is 13.7 Å². The van der Waals surface area contributed by atoms with Crippen LogP contribution < -0.4 is 0 Å². The number of halogens is 1. The number of amides is 1. The first-order valence-electron chi connectivity index (χ1n) is 9.11. The van der Waals surface area contributed by atoms with Gasteiger partial charge in [-0.1, -0.05) is 51.1 Å². The van der Waals surface area contributed by atoms with E-state index in [0.717, 1.165) is 5.56 Å². The molecule has 1 aromatic carbocycles. The Bertz CT molecular complexity index is 629. The molecule has 5 nitrogen and oxygen atoms in total. The Morgan fingerprint density at radius 1 is 1.19 bits per heavy atom. The van der Waals surface area contributed by atoms with Gasteiger partial charge in [-0.25, -0.2) is 4.79 Å². The molecule has 0 saturated heterocycles. The van der Waals surface area contributed by atoms with Crippen LogP contribution in [-0.2, 0) is 25.3 Å². The Kier molecular flexibility index (Phi) is 8.51. The molecule has 0 fully saturated rings. The number of ether oxygens (including phenoxy) is 1. The van der Waals surface area contributed by atoms with Gasteiger partial charge in [-0.2, -0.15) is 0 Å². The Hall–Kier alpha value is -1.37. The lowest BCUT2D eigenvalue weighted by Crippen LogP contribution is -2.52. The average molecular weight is 414 g/mol. The fraction of sp³-hybridized carbons (Fsp3) is 0.600. The summed E-state index contributed by atoms with van der Waals surface area (Å²) in [6.45, 7) is 12.5. The number of hydrogen-bond donors (Lipinski definition) is 0. The van der Waals surface area contributed by atoms with E-state index in [9.17, 15) is 9.59 Å². The number of alkyl halides is 1. The van der Waals surface area contributed by atoms with Crippen molar-refractivity contribution in [1.29, 1.82) is 0 Å². The summed E-state index contributed by atoms with van der Waals surface area (Å²) < 4.78 is 11.2. The fourth-order valence-electron chi connectivity index (χ4n) is 2.28. The summed E-state index contributed by atoms with van der Waals surface area (Å²) in [7, 11) is -0.788. The average Bonchev–Trinajstić information content (AvgIpc) is 2.59. The predicted molar refractivity (Wildman–Crippen MR) is 111 cm³/mol. The van der Waals surface area contributed by atoms with Crippen LogP contribution in [0.3, 0.4) is 0 Å². The highest BCUT2D eigenvalue weighted by molar-refractivity contribution is 6.74. The number of hydrogen-bond acceptors (Lipinski definition) is 4. The van der Waals surface area contributed by atoms with Crippen molar-refractivity contribution in [1.82, 2.24) is 4.90 Å². The number of methoxy groups -OCH3 is 1. The van der Waals surface area contributed by atoms with E-state index >= 15 is 0 Å². The molecule has 0 aliphatic heterocycles. The van der Waals surface area contributed by atoms with Gasteiger partial charge in [-0.3, -0.25) is 4.79 Å². The normalized spacial score (nSPS) is 14.4. The van der Waals surface area contributed by atoms with Crippen LogP contribution in [0.15, 0.2) is 30.3 Å². The lowest BCUT2D eigenvalue weighted by molar-refractivity contribution is -0.154. The molecule has 1 rings (SSSR count). The molecule has 2 atom stereocenters. The zero-order chi connectivity index (χ0) is 20.8. The summed E-state index contributed by atoms with van der Waals surface area (Å²) in [4.78, 5) is 26.8. The van der Waals surface area contributed by atoms with Crippen molar-refractivity contribution in [2.45, 2.75) is 63.8 Å². The van der Waals surface area contributed by atoms with Gasteiger partial charge in [-0.05, 0) is 30.6 Å². The van der Waals surface area contributed by atoms with Crippen molar-refractivity contribution >= 4 is 31.8 Å². The Morgan fingerprint density at radius 3 is 2.19 bits per heavy atom. The van der Waals surface area contributed by atoms with Crippen LogP contribution in [0.4, 0.5) is 0 Å². The van der Waals surface area contributed by atoms with Gasteiger partial charge < -0.3 is 14.1 Å². The van der Waals surface area contributed by atoms with E-state index in [2.05, 4.69) is 33.9 Å². The fourth-order valence-corrected chi connectivity index (χ4v) is 3.41. The second-order valence-corrected chi connectivity index (χ2v) is 13.6. The van der Waals surface area contributed by atoms with Crippen LogP contribution in [0.25, 0.3) is 0 Å². The Morgan fingerprint density at radius 2 is 1.74 bits per heavy atom. The molecule has 152 valence electrons. The summed E-state index contributed by atoms with van der Waals surface area (Å²) in [5.74, 6) is -0.829. The van der Waals surface area contributed by atoms with E-state index in [-0.39, 0.29) is 24.1 Å². The van der Waals surface area contributed by atoms with Gasteiger partial charge in [0.15, 0.2) is 14.4 Å². The molecule has 2 unspecified atom stereocenters. The molecular weight excluding hydrogens is 382 g/mol. The molecular formula is C20H32ClNO4Si. The summed E-state index contributed by atoms with van der Waals surface area (Å²) in [5.41, 5.74) is 0.907. The van der Waals surface area contributed by atoms with Crippen LogP contribution in [0.5, 0.6) is 0 Å². The molecule has 0 aliphatic carbocycles. The first-order chi connectivity index (χ1) is 12.4. The zero-order valence-corrected chi connectivity index (χ0v) is 19.2. The summed E-state index contributed by atoms with van der Waals surface area (Å²) in [6, 6.07) is 8.64. The van der Waals surface area contributed by atoms with Crippen LogP contribution in [0.2, 0.25) is 18.1 Å². The standard InChI is InChI=1S/C20H32ClNO4Si/c1-15(21)18(23)22(13-16-11-9-8-10-12-16)17(19(24)25-5)14-26-27(6,7)20(2,3)4/h8-12,15,17H,13-14H2,1-7H3. The second-order valence-electron chi connectivity index (χ2n) is 8.18. The van der Waals surface area contributed by atoms with Crippen molar-refractivity contribution in [3.63, 3.8) is 0 Å². The molecule has 0 spiro atoms. The summed E-state index contributed by atoms with van der Waals surface area (Å²) in [6.07, 6.45) is 0. The highest BCUT2D eigenvalue weighted by Gasteiger charge is 2.40. The van der Waals surface area contributed by atoms with Gasteiger partial charge in [-0.15, -0.1) is 11.6 Å². The summed E-state index contributed by atoms with van der Waals surface area (Å²) >= 11 is 6.07. The van der Waals surface area contributed by atoms with Crippen molar-refractivity contribution in [2.24, 2.45) is 0 Å². The van der Waals surface area contributed by atoms with Crippen LogP contribution in [0, 0.1) is 0 Å². The van der Waals surface area contributed by atoms with Crippen LogP contribution in [-0.4, -0.2) is 50.2 Å². The molecule has 0 N–H and O–H groups in total. The monoisotopic (exact) mass is 413 g/mol. The number of benzene rings is 1. The maximum atomic E-state index is 12.8. The molecule has 0 aliphatic rings. The molecule has 1 amide bonds. The minimum Gasteiger partial charge on any atom is -0.467 e. The van der Waals surface area contributed by atoms with Crippen LogP contribution in [0.1, 0.15) is 33.3 Å². The van der Waals surface area contributed by atoms with E-state index in [4.69, 9.17) is 20.8 Å². The highest BCUT2D eigenvalue weighted by Crippen LogP contribution is 2.36. The van der Waals surface area contributed by atoms with Gasteiger partial charge in [0.25, 0.3) is 0 Å². The Labute approximate surface area is 169 Å². The molecule has 0 radical (unpaired) electrons. The number of carbonyl (C=O) groups excluding carboxylic acids is 2. The summed E-state index contributed by atoms with van der Waals surface area (Å²) in [5, 5.41) is -0.768. The van der Waals surface area contributed by atoms with E-state index in [1.165, 1.54) is 12.0 Å². The molecule has 1 aromatic rings. The van der Waals surface area contributed by atoms with Crippen molar-refractivity contribution < 1.29 is 18.8 Å². The van der Waals surface area contributed by atoms with Gasteiger partial charge >= 0.3 is 5.97 Å². The van der Waals surface area contributed by atoms with Gasteiger partial charge in [0, 0.05) is 6.54 Å². The molecule has 0 aromatic heterocycles. The second kappa shape index (κ2) is 9.71.